The molecule has 0 aromatic heterocycles. The van der Waals surface area contributed by atoms with Gasteiger partial charge in [0.25, 0.3) is 0 Å². The molecule has 3 heteroatoms. The molecule has 60 valence electrons. The van der Waals surface area contributed by atoms with Crippen LogP contribution in [-0.4, -0.2) is 11.0 Å². The molecule has 0 heterocycles. The zero-order valence-corrected chi connectivity index (χ0v) is 7.35. The molecule has 0 aliphatic rings. The van der Waals surface area contributed by atoms with Gasteiger partial charge in [0.2, 0.25) is 0 Å². The highest BCUT2D eigenvalue weighted by molar-refractivity contribution is 6.64. The van der Waals surface area contributed by atoms with Gasteiger partial charge in [-0.2, -0.15) is 0 Å². The molecule has 0 unspecified atom stereocenters. The first-order valence-electron chi connectivity index (χ1n) is 3.11. The van der Waals surface area contributed by atoms with Crippen molar-refractivity contribution in [2.45, 2.75) is 13.8 Å². The lowest BCUT2D eigenvalue weighted by molar-refractivity contribution is -0.113. The maximum Gasteiger partial charge on any atom is 0.161 e. The molecule has 11 heavy (non-hydrogen) atoms. The smallest absolute Gasteiger partial charge is 0.161 e. The molecule has 0 aliphatic carbocycles. The Balaban J connectivity index is 4.50. The molecule has 0 atom stereocenters. The summed E-state index contributed by atoms with van der Waals surface area (Å²) in [5.74, 6) is -0.0679. The van der Waals surface area contributed by atoms with Gasteiger partial charge < -0.3 is 0 Å². The number of halogens is 1. The van der Waals surface area contributed by atoms with Crippen LogP contribution in [0.5, 0.6) is 0 Å². The molecule has 0 saturated heterocycles. The van der Waals surface area contributed by atoms with Crippen molar-refractivity contribution in [3.8, 4) is 0 Å². The summed E-state index contributed by atoms with van der Waals surface area (Å²) in [4.78, 5) is 14.5. The Bertz CT molecular complexity index is 224. The predicted octanol–water partition coefficient (Wildman–Crippen LogP) is 2.30. The van der Waals surface area contributed by atoms with E-state index in [1.165, 1.54) is 19.2 Å². The maximum atomic E-state index is 10.7. The number of rotatable bonds is 3. The fraction of sp³-hybridized carbons (Fsp3) is 0.250. The molecule has 0 N–H and O–H groups in total. The van der Waals surface area contributed by atoms with E-state index in [2.05, 4.69) is 11.6 Å². The van der Waals surface area contributed by atoms with Crippen LogP contribution in [0.15, 0.2) is 29.4 Å². The predicted molar refractivity (Wildman–Crippen MR) is 47.9 cm³/mol. The molecule has 0 spiro atoms. The van der Waals surface area contributed by atoms with Crippen LogP contribution in [0, 0.1) is 0 Å². The normalized spacial score (nSPS) is 13.0. The molecule has 0 fully saturated rings. The van der Waals surface area contributed by atoms with Crippen LogP contribution in [0.25, 0.3) is 0 Å². The molecule has 2 nitrogen and oxygen atoms in total. The van der Waals surface area contributed by atoms with Gasteiger partial charge in [0, 0.05) is 11.8 Å². The molecule has 0 rings (SSSR count). The van der Waals surface area contributed by atoms with E-state index in [-0.39, 0.29) is 5.78 Å². The van der Waals surface area contributed by atoms with Crippen molar-refractivity contribution in [3.05, 3.63) is 24.4 Å². The van der Waals surface area contributed by atoms with Crippen molar-refractivity contribution in [3.63, 3.8) is 0 Å². The van der Waals surface area contributed by atoms with Gasteiger partial charge in [-0.25, -0.2) is 4.99 Å². The zero-order valence-electron chi connectivity index (χ0n) is 6.60. The van der Waals surface area contributed by atoms with Crippen molar-refractivity contribution >= 4 is 22.6 Å². The highest BCUT2D eigenvalue weighted by Crippen LogP contribution is 1.98. The first kappa shape index (κ1) is 10.1. The SMILES string of the molecule is C=C/C(=C\N=C(/C)Cl)C(C)=O. The second-order valence-corrected chi connectivity index (χ2v) is 2.52. The van der Waals surface area contributed by atoms with Crippen molar-refractivity contribution < 1.29 is 4.79 Å². The van der Waals surface area contributed by atoms with Crippen LogP contribution in [-0.2, 0) is 4.79 Å². The van der Waals surface area contributed by atoms with Crippen molar-refractivity contribution in [1.29, 1.82) is 0 Å². The lowest BCUT2D eigenvalue weighted by Crippen LogP contribution is -1.91. The molecule has 0 aromatic rings. The number of nitrogens with zero attached hydrogens (tertiary/aromatic N) is 1. The summed E-state index contributed by atoms with van der Waals surface area (Å²) in [6.45, 7) is 6.55. The third-order valence-electron chi connectivity index (χ3n) is 1.01. The highest BCUT2D eigenvalue weighted by Gasteiger charge is 1.95. The van der Waals surface area contributed by atoms with Crippen molar-refractivity contribution in [2.24, 2.45) is 4.99 Å². The number of hydrogen-bond donors (Lipinski definition) is 0. The number of allylic oxidation sites excluding steroid dienone is 2. The van der Waals surface area contributed by atoms with Gasteiger partial charge >= 0.3 is 0 Å². The zero-order chi connectivity index (χ0) is 8.85. The fourth-order valence-electron chi connectivity index (χ4n) is 0.446. The van der Waals surface area contributed by atoms with Crippen LogP contribution < -0.4 is 0 Å². The lowest BCUT2D eigenvalue weighted by Gasteiger charge is -1.90. The van der Waals surface area contributed by atoms with Crippen molar-refractivity contribution in [2.75, 3.05) is 0 Å². The average molecular weight is 172 g/mol. The molecule has 0 amide bonds. The number of ketones is 1. The number of carbonyl (C=O) groups is 1. The van der Waals surface area contributed by atoms with Crippen LogP contribution in [0.4, 0.5) is 0 Å². The Hall–Kier alpha value is -0.890. The summed E-state index contributed by atoms with van der Waals surface area (Å²) >= 11 is 5.44. The highest BCUT2D eigenvalue weighted by atomic mass is 35.5. The largest absolute Gasteiger partial charge is 0.294 e. The standard InChI is InChI=1S/C8H10ClNO/c1-4-8(6(2)11)5-10-7(3)9/h4-5H,1H2,2-3H3/b8-5+,10-7+. The van der Waals surface area contributed by atoms with E-state index in [1.807, 2.05) is 0 Å². The van der Waals surface area contributed by atoms with Gasteiger partial charge in [0.1, 0.15) is 5.17 Å². The minimum Gasteiger partial charge on any atom is -0.294 e. The first-order valence-corrected chi connectivity index (χ1v) is 3.49. The summed E-state index contributed by atoms with van der Waals surface area (Å²) in [6, 6.07) is 0. The molecular formula is C8H10ClNO. The molecule has 0 saturated carbocycles. The maximum absolute atomic E-state index is 10.7. The molecular weight excluding hydrogens is 162 g/mol. The van der Waals surface area contributed by atoms with E-state index in [1.54, 1.807) is 6.92 Å². The summed E-state index contributed by atoms with van der Waals surface area (Å²) in [6.07, 6.45) is 2.85. The fourth-order valence-corrected chi connectivity index (χ4v) is 0.495. The van der Waals surface area contributed by atoms with Crippen LogP contribution >= 0.6 is 11.6 Å². The third-order valence-corrected chi connectivity index (χ3v) is 1.11. The second-order valence-electron chi connectivity index (χ2n) is 1.97. The number of hydrogen-bond acceptors (Lipinski definition) is 2. The topological polar surface area (TPSA) is 29.4 Å². The van der Waals surface area contributed by atoms with Crippen LogP contribution in [0.1, 0.15) is 13.8 Å². The second kappa shape index (κ2) is 4.85. The van der Waals surface area contributed by atoms with E-state index in [0.29, 0.717) is 10.7 Å². The van der Waals surface area contributed by atoms with E-state index in [9.17, 15) is 4.79 Å². The molecule has 0 bridgehead atoms. The molecule has 0 radical (unpaired) electrons. The minimum atomic E-state index is -0.0679. The van der Waals surface area contributed by atoms with Gasteiger partial charge in [0.05, 0.1) is 0 Å². The Morgan fingerprint density at radius 1 is 1.55 bits per heavy atom. The summed E-state index contributed by atoms with van der Waals surface area (Å²) in [5.41, 5.74) is 0.463. The monoisotopic (exact) mass is 171 g/mol. The lowest BCUT2D eigenvalue weighted by atomic mass is 10.2. The van der Waals surface area contributed by atoms with Crippen LogP contribution in [0.2, 0.25) is 0 Å². The number of aliphatic imine (C=N–C) groups is 1. The van der Waals surface area contributed by atoms with E-state index >= 15 is 0 Å². The summed E-state index contributed by atoms with van der Waals surface area (Å²) in [7, 11) is 0. The number of carbonyl (C=O) groups excluding carboxylic acids is 1. The summed E-state index contributed by atoms with van der Waals surface area (Å²) in [5, 5.41) is 0.394. The Morgan fingerprint density at radius 2 is 2.09 bits per heavy atom. The van der Waals surface area contributed by atoms with Gasteiger partial charge in [-0.05, 0) is 13.8 Å². The van der Waals surface area contributed by atoms with Gasteiger partial charge in [0.15, 0.2) is 5.78 Å². The third kappa shape index (κ3) is 4.51. The van der Waals surface area contributed by atoms with Gasteiger partial charge in [-0.1, -0.05) is 24.3 Å². The van der Waals surface area contributed by atoms with Gasteiger partial charge in [-0.15, -0.1) is 0 Å². The van der Waals surface area contributed by atoms with E-state index < -0.39 is 0 Å². The molecule has 0 aromatic carbocycles. The minimum absolute atomic E-state index is 0.0679. The van der Waals surface area contributed by atoms with Gasteiger partial charge in [-0.3, -0.25) is 4.79 Å². The Kier molecular flexibility index (Phi) is 4.46. The first-order chi connectivity index (χ1) is 5.07. The van der Waals surface area contributed by atoms with Crippen molar-refractivity contribution in [1.82, 2.24) is 0 Å². The Morgan fingerprint density at radius 3 is 2.36 bits per heavy atom. The Labute approximate surface area is 71.3 Å². The van der Waals surface area contributed by atoms with E-state index in [0.717, 1.165) is 0 Å². The van der Waals surface area contributed by atoms with E-state index in [4.69, 9.17) is 11.6 Å². The quantitative estimate of drug-likeness (QED) is 0.364. The number of Topliss-reactive ketones (excluding diaryl/α,β-unsaturated/α-hetero) is 1. The average Bonchev–Trinajstić information content (AvgIpc) is 1.87. The summed E-state index contributed by atoms with van der Waals surface area (Å²) < 4.78 is 0. The van der Waals surface area contributed by atoms with Crippen LogP contribution in [0.3, 0.4) is 0 Å². The molecule has 0 aliphatic heterocycles.